The topological polar surface area (TPSA) is 65.5 Å². The number of nitrogens with one attached hydrogen (secondary N) is 1. The summed E-state index contributed by atoms with van der Waals surface area (Å²) in [5.41, 5.74) is 1.73. The molecule has 1 N–H and O–H groups in total. The van der Waals surface area contributed by atoms with Gasteiger partial charge in [-0.2, -0.15) is 0 Å². The first kappa shape index (κ1) is 19.9. The van der Waals surface area contributed by atoms with Crippen LogP contribution in [-0.2, 0) is 9.59 Å². The van der Waals surface area contributed by atoms with E-state index in [9.17, 15) is 9.59 Å². The first-order chi connectivity index (χ1) is 13.3. The van der Waals surface area contributed by atoms with E-state index in [2.05, 4.69) is 15.2 Å². The highest BCUT2D eigenvalue weighted by molar-refractivity contribution is 6.10. The predicted octanol–water partition coefficient (Wildman–Crippen LogP) is 3.01. The highest BCUT2D eigenvalue weighted by Gasteiger charge is 2.40. The quantitative estimate of drug-likeness (QED) is 0.828. The molecular weight excluding hydrogens is 352 g/mol. The Labute approximate surface area is 166 Å². The van der Waals surface area contributed by atoms with Crippen molar-refractivity contribution in [1.82, 2.24) is 9.88 Å². The molecule has 1 aliphatic rings. The minimum atomic E-state index is -1.13. The molecule has 2 aromatic rings. The lowest BCUT2D eigenvalue weighted by Gasteiger charge is -2.38. The summed E-state index contributed by atoms with van der Waals surface area (Å²) in [6.07, 6.45) is 1.77. The van der Waals surface area contributed by atoms with Crippen molar-refractivity contribution >= 4 is 23.3 Å². The molecule has 28 heavy (non-hydrogen) atoms. The second-order valence-electron chi connectivity index (χ2n) is 7.86. The Balaban J connectivity index is 1.63. The van der Waals surface area contributed by atoms with Crippen LogP contribution < -0.4 is 10.2 Å². The van der Waals surface area contributed by atoms with Gasteiger partial charge in [0.1, 0.15) is 11.2 Å². The number of aryl methyl sites for hydroxylation is 2. The zero-order chi connectivity index (χ0) is 20.3. The smallest absolute Gasteiger partial charge is 0.239 e. The Morgan fingerprint density at radius 2 is 1.75 bits per heavy atom. The third-order valence-corrected chi connectivity index (χ3v) is 5.27. The number of amides is 2. The Hall–Kier alpha value is -2.89. The van der Waals surface area contributed by atoms with Gasteiger partial charge in [-0.05, 0) is 51.5 Å². The van der Waals surface area contributed by atoms with E-state index in [0.29, 0.717) is 26.2 Å². The minimum Gasteiger partial charge on any atom is -0.353 e. The molecule has 1 fully saturated rings. The zero-order valence-electron chi connectivity index (χ0n) is 17.0. The van der Waals surface area contributed by atoms with Crippen molar-refractivity contribution in [3.8, 4) is 0 Å². The standard InChI is InChI=1S/C22H28N4O2/c1-16-8-9-18(17(2)15-16)24-20(27)22(3,4)21(28)26-13-11-25(12-14-26)19-7-5-6-10-23-19/h5-10,15H,11-14H2,1-4H3,(H,24,27). The third kappa shape index (κ3) is 4.16. The van der Waals surface area contributed by atoms with Crippen molar-refractivity contribution in [3.05, 3.63) is 53.7 Å². The second kappa shape index (κ2) is 8.00. The number of pyridine rings is 1. The van der Waals surface area contributed by atoms with Crippen LogP contribution in [-0.4, -0.2) is 47.9 Å². The summed E-state index contributed by atoms with van der Waals surface area (Å²) < 4.78 is 0. The van der Waals surface area contributed by atoms with Gasteiger partial charge in [0.25, 0.3) is 0 Å². The van der Waals surface area contributed by atoms with Crippen molar-refractivity contribution in [1.29, 1.82) is 0 Å². The van der Waals surface area contributed by atoms with E-state index in [-0.39, 0.29) is 11.8 Å². The van der Waals surface area contributed by atoms with E-state index in [1.165, 1.54) is 0 Å². The zero-order valence-corrected chi connectivity index (χ0v) is 17.0. The van der Waals surface area contributed by atoms with Crippen molar-refractivity contribution < 1.29 is 9.59 Å². The fraction of sp³-hybridized carbons (Fsp3) is 0.409. The number of carbonyl (C=O) groups excluding carboxylic acids is 2. The van der Waals surface area contributed by atoms with Crippen LogP contribution in [0.25, 0.3) is 0 Å². The average Bonchev–Trinajstić information content (AvgIpc) is 2.70. The van der Waals surface area contributed by atoms with Gasteiger partial charge in [-0.1, -0.05) is 23.8 Å². The molecule has 0 atom stereocenters. The highest BCUT2D eigenvalue weighted by Crippen LogP contribution is 2.25. The SMILES string of the molecule is Cc1ccc(NC(=O)C(C)(C)C(=O)N2CCN(c3ccccn3)CC2)c(C)c1. The van der Waals surface area contributed by atoms with E-state index in [0.717, 1.165) is 22.6 Å². The number of nitrogens with zero attached hydrogens (tertiary/aromatic N) is 3. The van der Waals surface area contributed by atoms with Crippen molar-refractivity contribution in [2.45, 2.75) is 27.7 Å². The van der Waals surface area contributed by atoms with Crippen LogP contribution in [0, 0.1) is 19.3 Å². The molecule has 0 aliphatic carbocycles. The summed E-state index contributed by atoms with van der Waals surface area (Å²) in [4.78, 5) is 34.2. The molecule has 0 saturated carbocycles. The molecule has 1 aromatic heterocycles. The van der Waals surface area contributed by atoms with Gasteiger partial charge >= 0.3 is 0 Å². The van der Waals surface area contributed by atoms with E-state index < -0.39 is 5.41 Å². The van der Waals surface area contributed by atoms with E-state index in [1.807, 2.05) is 50.2 Å². The fourth-order valence-corrected chi connectivity index (χ4v) is 3.40. The summed E-state index contributed by atoms with van der Waals surface area (Å²) >= 11 is 0. The Morgan fingerprint density at radius 1 is 1.04 bits per heavy atom. The highest BCUT2D eigenvalue weighted by atomic mass is 16.2. The van der Waals surface area contributed by atoms with Gasteiger partial charge in [-0.25, -0.2) is 4.98 Å². The van der Waals surface area contributed by atoms with Crippen LogP contribution in [0.4, 0.5) is 11.5 Å². The van der Waals surface area contributed by atoms with Gasteiger partial charge < -0.3 is 15.1 Å². The molecule has 1 aliphatic heterocycles. The van der Waals surface area contributed by atoms with Crippen LogP contribution in [0.2, 0.25) is 0 Å². The fourth-order valence-electron chi connectivity index (χ4n) is 3.40. The Kier molecular flexibility index (Phi) is 5.68. The summed E-state index contributed by atoms with van der Waals surface area (Å²) in [5, 5.41) is 2.93. The lowest BCUT2D eigenvalue weighted by Crippen LogP contribution is -2.54. The number of carbonyl (C=O) groups is 2. The molecule has 1 aromatic carbocycles. The molecule has 0 radical (unpaired) electrons. The summed E-state index contributed by atoms with van der Waals surface area (Å²) in [6.45, 7) is 9.92. The number of rotatable bonds is 4. The van der Waals surface area contributed by atoms with Gasteiger partial charge in [0.2, 0.25) is 11.8 Å². The normalized spacial score (nSPS) is 14.7. The minimum absolute atomic E-state index is 0.143. The molecule has 2 heterocycles. The van der Waals surface area contributed by atoms with Gasteiger partial charge in [0.15, 0.2) is 0 Å². The maximum absolute atomic E-state index is 13.1. The van der Waals surface area contributed by atoms with Gasteiger partial charge in [-0.15, -0.1) is 0 Å². The van der Waals surface area contributed by atoms with Crippen LogP contribution in [0.5, 0.6) is 0 Å². The number of aromatic nitrogens is 1. The van der Waals surface area contributed by atoms with Crippen molar-refractivity contribution in [2.24, 2.45) is 5.41 Å². The van der Waals surface area contributed by atoms with Crippen molar-refractivity contribution in [3.63, 3.8) is 0 Å². The molecule has 0 bridgehead atoms. The maximum atomic E-state index is 13.1. The summed E-state index contributed by atoms with van der Waals surface area (Å²) in [7, 11) is 0. The molecule has 3 rings (SSSR count). The van der Waals surface area contributed by atoms with Gasteiger partial charge in [0, 0.05) is 38.1 Å². The lowest BCUT2D eigenvalue weighted by atomic mass is 9.89. The Morgan fingerprint density at radius 3 is 2.36 bits per heavy atom. The number of piperazine rings is 1. The van der Waals surface area contributed by atoms with Gasteiger partial charge in [0.05, 0.1) is 0 Å². The molecule has 6 heteroatoms. The summed E-state index contributed by atoms with van der Waals surface area (Å²) in [6, 6.07) is 11.7. The first-order valence-electron chi connectivity index (χ1n) is 9.63. The maximum Gasteiger partial charge on any atom is 0.239 e. The van der Waals surface area contributed by atoms with Crippen LogP contribution >= 0.6 is 0 Å². The first-order valence-corrected chi connectivity index (χ1v) is 9.63. The predicted molar refractivity (Wildman–Crippen MR) is 111 cm³/mol. The molecule has 148 valence electrons. The third-order valence-electron chi connectivity index (χ3n) is 5.27. The Bertz CT molecular complexity index is 856. The largest absolute Gasteiger partial charge is 0.353 e. The van der Waals surface area contributed by atoms with E-state index >= 15 is 0 Å². The van der Waals surface area contributed by atoms with E-state index in [1.54, 1.807) is 24.9 Å². The number of hydrogen-bond donors (Lipinski definition) is 1. The van der Waals surface area contributed by atoms with Crippen LogP contribution in [0.3, 0.4) is 0 Å². The molecule has 0 unspecified atom stereocenters. The molecule has 0 spiro atoms. The van der Waals surface area contributed by atoms with E-state index in [4.69, 9.17) is 0 Å². The molecule has 6 nitrogen and oxygen atoms in total. The second-order valence-corrected chi connectivity index (χ2v) is 7.86. The van der Waals surface area contributed by atoms with Gasteiger partial charge in [-0.3, -0.25) is 9.59 Å². The molecule has 2 amide bonds. The molecular formula is C22H28N4O2. The van der Waals surface area contributed by atoms with Crippen LogP contribution in [0.15, 0.2) is 42.6 Å². The number of benzene rings is 1. The number of anilines is 2. The monoisotopic (exact) mass is 380 g/mol. The summed E-state index contributed by atoms with van der Waals surface area (Å²) in [5.74, 6) is 0.494. The van der Waals surface area contributed by atoms with Crippen LogP contribution in [0.1, 0.15) is 25.0 Å². The lowest BCUT2D eigenvalue weighted by molar-refractivity contribution is -0.146. The molecule has 1 saturated heterocycles. The van der Waals surface area contributed by atoms with Crippen molar-refractivity contribution in [2.75, 3.05) is 36.4 Å². The number of hydrogen-bond acceptors (Lipinski definition) is 4. The average molecular weight is 380 g/mol.